The van der Waals surface area contributed by atoms with E-state index in [1.807, 2.05) is 26.0 Å². The Morgan fingerprint density at radius 3 is 2.86 bits per heavy atom. The van der Waals surface area contributed by atoms with Crippen molar-refractivity contribution in [1.29, 1.82) is 0 Å². The zero-order valence-electron chi connectivity index (χ0n) is 12.4. The van der Waals surface area contributed by atoms with Crippen LogP contribution in [0, 0.1) is 0 Å². The van der Waals surface area contributed by atoms with Gasteiger partial charge < -0.3 is 10.6 Å². The largest absolute Gasteiger partial charge is 0.354 e. The number of carbonyl (C=O) groups is 2. The van der Waals surface area contributed by atoms with E-state index in [0.717, 1.165) is 5.56 Å². The molecule has 1 heterocycles. The molecule has 1 aliphatic heterocycles. The zero-order valence-corrected chi connectivity index (χ0v) is 14.7. The molecule has 1 saturated heterocycles. The second kappa shape index (κ2) is 7.11. The van der Waals surface area contributed by atoms with Gasteiger partial charge in [0.05, 0.1) is 14.8 Å². The van der Waals surface area contributed by atoms with Crippen LogP contribution in [0.3, 0.4) is 0 Å². The molecule has 0 radical (unpaired) electrons. The van der Waals surface area contributed by atoms with Crippen molar-refractivity contribution in [2.24, 2.45) is 0 Å². The number of amides is 2. The van der Waals surface area contributed by atoms with Crippen LogP contribution in [-0.2, 0) is 16.0 Å². The molecule has 1 aromatic carbocycles. The van der Waals surface area contributed by atoms with E-state index in [4.69, 9.17) is 23.2 Å². The number of rotatable bonds is 4. The van der Waals surface area contributed by atoms with Gasteiger partial charge in [-0.25, -0.2) is 0 Å². The van der Waals surface area contributed by atoms with Crippen molar-refractivity contribution in [3.63, 3.8) is 0 Å². The molecule has 2 rings (SSSR count). The van der Waals surface area contributed by atoms with E-state index in [0.29, 0.717) is 28.8 Å². The summed E-state index contributed by atoms with van der Waals surface area (Å²) in [5, 5.41) is 6.60. The molecule has 0 saturated carbocycles. The quantitative estimate of drug-likeness (QED) is 0.867. The minimum Gasteiger partial charge on any atom is -0.354 e. The average molecular weight is 361 g/mol. The van der Waals surface area contributed by atoms with Gasteiger partial charge >= 0.3 is 0 Å². The van der Waals surface area contributed by atoms with E-state index in [2.05, 4.69) is 10.6 Å². The van der Waals surface area contributed by atoms with Crippen LogP contribution in [0.15, 0.2) is 18.2 Å². The van der Waals surface area contributed by atoms with Gasteiger partial charge in [0.1, 0.15) is 6.04 Å². The van der Waals surface area contributed by atoms with Gasteiger partial charge in [-0.15, -0.1) is 11.8 Å². The van der Waals surface area contributed by atoms with Gasteiger partial charge in [0.25, 0.3) is 0 Å². The number of benzene rings is 1. The summed E-state index contributed by atoms with van der Waals surface area (Å²) in [5.74, 6) is 0.291. The summed E-state index contributed by atoms with van der Waals surface area (Å²) in [6.45, 7) is 4.14. The molecule has 1 unspecified atom stereocenters. The minimum atomic E-state index is -0.486. The highest BCUT2D eigenvalue weighted by atomic mass is 35.5. The molecule has 4 nitrogen and oxygen atoms in total. The van der Waals surface area contributed by atoms with Crippen LogP contribution in [0.4, 0.5) is 0 Å². The van der Waals surface area contributed by atoms with Crippen LogP contribution in [-0.4, -0.2) is 34.9 Å². The standard InChI is InChI=1S/C15H18Cl2N2O2S/c1-15(2)14(21)19-11(8-22-15)13(20)18-7-6-9-4-3-5-10(16)12(9)17/h3-5,11H,6-8H2,1-2H3,(H,18,20)(H,19,21). The van der Waals surface area contributed by atoms with Gasteiger partial charge in [0.15, 0.2) is 0 Å². The first kappa shape index (κ1) is 17.4. The van der Waals surface area contributed by atoms with E-state index >= 15 is 0 Å². The molecule has 1 fully saturated rings. The fourth-order valence-electron chi connectivity index (χ4n) is 2.06. The highest BCUT2D eigenvalue weighted by Gasteiger charge is 2.37. The number of halogens is 2. The van der Waals surface area contributed by atoms with Gasteiger partial charge in [-0.3, -0.25) is 9.59 Å². The van der Waals surface area contributed by atoms with Gasteiger partial charge in [-0.1, -0.05) is 35.3 Å². The Morgan fingerprint density at radius 1 is 1.45 bits per heavy atom. The molecule has 0 spiro atoms. The monoisotopic (exact) mass is 360 g/mol. The smallest absolute Gasteiger partial charge is 0.243 e. The molecule has 0 aromatic heterocycles. The summed E-state index contributed by atoms with van der Waals surface area (Å²) in [4.78, 5) is 24.0. The van der Waals surface area contributed by atoms with Crippen molar-refractivity contribution in [2.45, 2.75) is 31.1 Å². The van der Waals surface area contributed by atoms with E-state index in [9.17, 15) is 9.59 Å². The van der Waals surface area contributed by atoms with Crippen molar-refractivity contribution in [2.75, 3.05) is 12.3 Å². The highest BCUT2D eigenvalue weighted by Crippen LogP contribution is 2.29. The number of hydrogen-bond donors (Lipinski definition) is 2. The van der Waals surface area contributed by atoms with Gasteiger partial charge in [0, 0.05) is 12.3 Å². The summed E-state index contributed by atoms with van der Waals surface area (Å²) in [5.41, 5.74) is 0.887. The van der Waals surface area contributed by atoms with Crippen LogP contribution in [0.25, 0.3) is 0 Å². The number of carbonyl (C=O) groups excluding carboxylic acids is 2. The third kappa shape index (κ3) is 4.09. The minimum absolute atomic E-state index is 0.109. The first-order chi connectivity index (χ1) is 10.3. The maximum Gasteiger partial charge on any atom is 0.243 e. The Bertz CT molecular complexity index is 593. The first-order valence-corrected chi connectivity index (χ1v) is 8.71. The molecule has 22 heavy (non-hydrogen) atoms. The van der Waals surface area contributed by atoms with E-state index in [1.54, 1.807) is 6.07 Å². The van der Waals surface area contributed by atoms with E-state index < -0.39 is 10.8 Å². The topological polar surface area (TPSA) is 58.2 Å². The summed E-state index contributed by atoms with van der Waals surface area (Å²) in [7, 11) is 0. The summed E-state index contributed by atoms with van der Waals surface area (Å²) < 4.78 is -0.481. The Labute approximate surface area is 144 Å². The summed E-state index contributed by atoms with van der Waals surface area (Å²) >= 11 is 13.5. The number of nitrogens with one attached hydrogen (secondary N) is 2. The lowest BCUT2D eigenvalue weighted by Gasteiger charge is -2.32. The summed E-state index contributed by atoms with van der Waals surface area (Å²) in [6, 6.07) is 4.94. The molecule has 1 aromatic rings. The van der Waals surface area contributed by atoms with Crippen molar-refractivity contribution in [3.8, 4) is 0 Å². The van der Waals surface area contributed by atoms with Crippen LogP contribution < -0.4 is 10.6 Å². The van der Waals surface area contributed by atoms with Crippen molar-refractivity contribution in [1.82, 2.24) is 10.6 Å². The Morgan fingerprint density at radius 2 is 2.18 bits per heavy atom. The molecule has 1 atom stereocenters. The SMILES string of the molecule is CC1(C)SCC(C(=O)NCCc2cccc(Cl)c2Cl)NC1=O. The van der Waals surface area contributed by atoms with Gasteiger partial charge in [0.2, 0.25) is 11.8 Å². The predicted molar refractivity (Wildman–Crippen MR) is 91.6 cm³/mol. The number of hydrogen-bond acceptors (Lipinski definition) is 3. The third-order valence-corrected chi connectivity index (χ3v) is 5.77. The van der Waals surface area contributed by atoms with Crippen LogP contribution >= 0.6 is 35.0 Å². The molecular weight excluding hydrogens is 343 g/mol. The van der Waals surface area contributed by atoms with Crippen LogP contribution in [0.5, 0.6) is 0 Å². The summed E-state index contributed by atoms with van der Waals surface area (Å²) in [6.07, 6.45) is 0.588. The molecule has 2 N–H and O–H groups in total. The molecule has 1 aliphatic rings. The normalized spacial score (nSPS) is 20.4. The average Bonchev–Trinajstić information content (AvgIpc) is 2.46. The van der Waals surface area contributed by atoms with Crippen LogP contribution in [0.2, 0.25) is 10.0 Å². The molecule has 0 bridgehead atoms. The third-order valence-electron chi connectivity index (χ3n) is 3.50. The lowest BCUT2D eigenvalue weighted by atomic mass is 10.1. The maximum absolute atomic E-state index is 12.1. The predicted octanol–water partition coefficient (Wildman–Crippen LogP) is 2.66. The second-order valence-electron chi connectivity index (χ2n) is 5.60. The first-order valence-electron chi connectivity index (χ1n) is 6.97. The van der Waals surface area contributed by atoms with Crippen molar-refractivity contribution >= 4 is 46.8 Å². The zero-order chi connectivity index (χ0) is 16.3. The van der Waals surface area contributed by atoms with E-state index in [1.165, 1.54) is 11.8 Å². The molecule has 7 heteroatoms. The Kier molecular flexibility index (Phi) is 5.64. The molecule has 0 aliphatic carbocycles. The second-order valence-corrected chi connectivity index (χ2v) is 8.03. The highest BCUT2D eigenvalue weighted by molar-refractivity contribution is 8.01. The van der Waals surface area contributed by atoms with E-state index in [-0.39, 0.29) is 11.8 Å². The Balaban J connectivity index is 1.84. The lowest BCUT2D eigenvalue weighted by Crippen LogP contribution is -2.57. The van der Waals surface area contributed by atoms with Crippen molar-refractivity contribution < 1.29 is 9.59 Å². The number of thioether (sulfide) groups is 1. The van der Waals surface area contributed by atoms with Crippen LogP contribution in [0.1, 0.15) is 19.4 Å². The molecule has 120 valence electrons. The van der Waals surface area contributed by atoms with Gasteiger partial charge in [-0.2, -0.15) is 0 Å². The molecule has 2 amide bonds. The maximum atomic E-state index is 12.1. The Hall–Kier alpha value is -0.910. The fourth-order valence-corrected chi connectivity index (χ4v) is 3.48. The molecular formula is C15H18Cl2N2O2S. The van der Waals surface area contributed by atoms with Gasteiger partial charge in [-0.05, 0) is 31.9 Å². The van der Waals surface area contributed by atoms with Crippen molar-refractivity contribution in [3.05, 3.63) is 33.8 Å². The lowest BCUT2D eigenvalue weighted by molar-refractivity contribution is -0.129. The fraction of sp³-hybridized carbons (Fsp3) is 0.467.